The van der Waals surface area contributed by atoms with Crippen LogP contribution in [0.4, 0.5) is 0 Å². The molecular weight excluding hydrogens is 204 g/mol. The molecule has 0 radical (unpaired) electrons. The Kier molecular flexibility index (Phi) is 4.01. The maximum absolute atomic E-state index is 9.15. The van der Waals surface area contributed by atoms with Gasteiger partial charge >= 0.3 is 0 Å². The van der Waals surface area contributed by atoms with Gasteiger partial charge in [0.1, 0.15) is 5.75 Å². The third-order valence-corrected chi connectivity index (χ3v) is 1.96. The van der Waals surface area contributed by atoms with Crippen molar-refractivity contribution in [1.29, 1.82) is 0 Å². The molecule has 0 fully saturated rings. The van der Waals surface area contributed by atoms with Crippen molar-refractivity contribution in [2.75, 3.05) is 5.75 Å². The molecule has 68 valence electrons. The molecule has 0 aliphatic heterocycles. The highest BCUT2D eigenvalue weighted by Crippen LogP contribution is 2.19. The van der Waals surface area contributed by atoms with E-state index >= 15 is 0 Å². The second kappa shape index (κ2) is 5.06. The summed E-state index contributed by atoms with van der Waals surface area (Å²) >= 11 is 9.87. The lowest BCUT2D eigenvalue weighted by Crippen LogP contribution is -1.77. The van der Waals surface area contributed by atoms with Crippen molar-refractivity contribution in [1.82, 2.24) is 0 Å². The van der Waals surface area contributed by atoms with E-state index in [-0.39, 0.29) is 5.75 Å². The Balaban J connectivity index is 2.89. The van der Waals surface area contributed by atoms with Crippen LogP contribution in [0, 0.1) is 11.8 Å². The summed E-state index contributed by atoms with van der Waals surface area (Å²) in [5.74, 6) is 6.67. The summed E-state index contributed by atoms with van der Waals surface area (Å²) in [6.45, 7) is 0. The minimum atomic E-state index is 0.180. The van der Waals surface area contributed by atoms with E-state index in [1.54, 1.807) is 12.1 Å². The third kappa shape index (κ3) is 3.22. The van der Waals surface area contributed by atoms with Gasteiger partial charge < -0.3 is 5.11 Å². The van der Waals surface area contributed by atoms with Gasteiger partial charge in [0.25, 0.3) is 0 Å². The largest absolute Gasteiger partial charge is 0.508 e. The standard InChI is InChI=1S/C10H9ClOS/c11-10-5-4-9(12)7-8(10)3-1-2-6-13/h4-5,7,12-13H,2,6H2. The summed E-state index contributed by atoms with van der Waals surface area (Å²) in [7, 11) is 0. The van der Waals surface area contributed by atoms with Gasteiger partial charge in [-0.3, -0.25) is 0 Å². The number of aromatic hydroxyl groups is 1. The molecule has 0 spiro atoms. The normalized spacial score (nSPS) is 9.08. The highest BCUT2D eigenvalue weighted by atomic mass is 35.5. The van der Waals surface area contributed by atoms with E-state index in [0.29, 0.717) is 10.6 Å². The van der Waals surface area contributed by atoms with Crippen molar-refractivity contribution >= 4 is 24.2 Å². The Morgan fingerprint density at radius 3 is 2.92 bits per heavy atom. The van der Waals surface area contributed by atoms with Gasteiger partial charge in [0.05, 0.1) is 5.02 Å². The van der Waals surface area contributed by atoms with Crippen LogP contribution in [0.1, 0.15) is 12.0 Å². The van der Waals surface area contributed by atoms with E-state index in [9.17, 15) is 0 Å². The van der Waals surface area contributed by atoms with Crippen LogP contribution in [0.25, 0.3) is 0 Å². The molecule has 0 aliphatic carbocycles. The molecule has 0 atom stereocenters. The van der Waals surface area contributed by atoms with Gasteiger partial charge in [0, 0.05) is 17.7 Å². The molecule has 1 N–H and O–H groups in total. The molecule has 1 aromatic carbocycles. The highest BCUT2D eigenvalue weighted by Gasteiger charge is 1.96. The number of phenols is 1. The smallest absolute Gasteiger partial charge is 0.116 e. The molecule has 13 heavy (non-hydrogen) atoms. The Bertz CT molecular complexity index is 352. The van der Waals surface area contributed by atoms with Gasteiger partial charge in [0.2, 0.25) is 0 Å². The molecule has 0 unspecified atom stereocenters. The SMILES string of the molecule is Oc1ccc(Cl)c(C#CCCS)c1. The fourth-order valence-corrected chi connectivity index (χ4v) is 1.10. The summed E-state index contributed by atoms with van der Waals surface area (Å²) in [6.07, 6.45) is 0.717. The molecule has 1 nitrogen and oxygen atoms in total. The zero-order chi connectivity index (χ0) is 9.68. The zero-order valence-corrected chi connectivity index (χ0v) is 8.57. The average molecular weight is 213 g/mol. The molecule has 0 heterocycles. The summed E-state index contributed by atoms with van der Waals surface area (Å²) in [5, 5.41) is 9.71. The lowest BCUT2D eigenvalue weighted by Gasteiger charge is -1.95. The van der Waals surface area contributed by atoms with Gasteiger partial charge in [-0.05, 0) is 18.2 Å². The molecule has 0 aliphatic rings. The van der Waals surface area contributed by atoms with E-state index in [2.05, 4.69) is 24.5 Å². The summed E-state index contributed by atoms with van der Waals surface area (Å²) in [6, 6.07) is 4.71. The van der Waals surface area contributed by atoms with Crippen molar-refractivity contribution in [3.8, 4) is 17.6 Å². The molecule has 1 rings (SSSR count). The molecule has 3 heteroatoms. The van der Waals surface area contributed by atoms with Crippen LogP contribution in [0.15, 0.2) is 18.2 Å². The second-order valence-corrected chi connectivity index (χ2v) is 3.29. The van der Waals surface area contributed by atoms with Crippen LogP contribution < -0.4 is 0 Å². The Morgan fingerprint density at radius 2 is 2.23 bits per heavy atom. The van der Waals surface area contributed by atoms with E-state index in [1.807, 2.05) is 0 Å². The Labute approximate surface area is 88.1 Å². The molecule has 0 aromatic heterocycles. The molecule has 0 amide bonds. The number of thiol groups is 1. The fourth-order valence-electron chi connectivity index (χ4n) is 0.823. The van der Waals surface area contributed by atoms with E-state index in [4.69, 9.17) is 16.7 Å². The van der Waals surface area contributed by atoms with Crippen LogP contribution in [0.3, 0.4) is 0 Å². The number of phenolic OH excluding ortho intramolecular Hbond substituents is 1. The maximum atomic E-state index is 9.15. The predicted octanol–water partition coefficient (Wildman–Crippen LogP) is 2.72. The molecule has 0 saturated heterocycles. The summed E-state index contributed by atoms with van der Waals surface area (Å²) in [5.41, 5.74) is 0.656. The minimum Gasteiger partial charge on any atom is -0.508 e. The van der Waals surface area contributed by atoms with Gasteiger partial charge in [0.15, 0.2) is 0 Å². The summed E-state index contributed by atoms with van der Waals surface area (Å²) < 4.78 is 0. The van der Waals surface area contributed by atoms with Crippen LogP contribution in [-0.4, -0.2) is 10.9 Å². The van der Waals surface area contributed by atoms with Gasteiger partial charge in [-0.25, -0.2) is 0 Å². The Morgan fingerprint density at radius 1 is 1.46 bits per heavy atom. The molecule has 0 saturated carbocycles. The fraction of sp³-hybridized carbons (Fsp3) is 0.200. The van der Waals surface area contributed by atoms with Crippen molar-refractivity contribution in [2.45, 2.75) is 6.42 Å². The second-order valence-electron chi connectivity index (χ2n) is 2.44. The quantitative estimate of drug-likeness (QED) is 0.542. The van der Waals surface area contributed by atoms with E-state index in [1.165, 1.54) is 6.07 Å². The summed E-state index contributed by atoms with van der Waals surface area (Å²) in [4.78, 5) is 0. The minimum absolute atomic E-state index is 0.180. The average Bonchev–Trinajstić information content (AvgIpc) is 2.11. The predicted molar refractivity (Wildman–Crippen MR) is 58.5 cm³/mol. The topological polar surface area (TPSA) is 20.2 Å². The van der Waals surface area contributed by atoms with Crippen LogP contribution in [-0.2, 0) is 0 Å². The van der Waals surface area contributed by atoms with Crippen LogP contribution in [0.2, 0.25) is 5.02 Å². The number of benzene rings is 1. The van der Waals surface area contributed by atoms with Crippen LogP contribution in [0.5, 0.6) is 5.75 Å². The molecule has 1 aromatic rings. The number of halogens is 1. The van der Waals surface area contributed by atoms with Crippen molar-refractivity contribution in [3.63, 3.8) is 0 Å². The number of rotatable bonds is 1. The first kappa shape index (κ1) is 10.3. The number of hydrogen-bond acceptors (Lipinski definition) is 2. The van der Waals surface area contributed by atoms with E-state index in [0.717, 1.165) is 12.2 Å². The monoisotopic (exact) mass is 212 g/mol. The first-order chi connectivity index (χ1) is 6.24. The van der Waals surface area contributed by atoms with Crippen molar-refractivity contribution in [2.24, 2.45) is 0 Å². The van der Waals surface area contributed by atoms with E-state index < -0.39 is 0 Å². The lowest BCUT2D eigenvalue weighted by atomic mass is 10.2. The van der Waals surface area contributed by atoms with Crippen molar-refractivity contribution in [3.05, 3.63) is 28.8 Å². The van der Waals surface area contributed by atoms with Crippen molar-refractivity contribution < 1.29 is 5.11 Å². The molecular formula is C10H9ClOS. The first-order valence-electron chi connectivity index (χ1n) is 3.82. The lowest BCUT2D eigenvalue weighted by molar-refractivity contribution is 0.475. The maximum Gasteiger partial charge on any atom is 0.116 e. The number of hydrogen-bond donors (Lipinski definition) is 2. The van der Waals surface area contributed by atoms with Gasteiger partial charge in [-0.15, -0.1) is 0 Å². The Hall–Kier alpha value is -0.780. The van der Waals surface area contributed by atoms with Gasteiger partial charge in [-0.1, -0.05) is 23.4 Å². The van der Waals surface area contributed by atoms with Gasteiger partial charge in [-0.2, -0.15) is 12.6 Å². The zero-order valence-electron chi connectivity index (χ0n) is 6.92. The first-order valence-corrected chi connectivity index (χ1v) is 4.83. The van der Waals surface area contributed by atoms with Crippen LogP contribution >= 0.6 is 24.2 Å². The third-order valence-electron chi connectivity index (χ3n) is 1.41. The molecule has 0 bridgehead atoms. The highest BCUT2D eigenvalue weighted by molar-refractivity contribution is 7.80.